The molecule has 200 valence electrons. The van der Waals surface area contributed by atoms with Crippen LogP contribution < -0.4 is 0 Å². The summed E-state index contributed by atoms with van der Waals surface area (Å²) in [4.78, 5) is 31.2. The van der Waals surface area contributed by atoms with E-state index < -0.39 is 6.10 Å². The van der Waals surface area contributed by atoms with E-state index >= 15 is 0 Å². The van der Waals surface area contributed by atoms with E-state index in [1.165, 1.54) is 6.08 Å². The first-order chi connectivity index (χ1) is 17.3. The first-order valence-electron chi connectivity index (χ1n) is 12.5. The SMILES string of the molecule is COCC1CC(OC)C(O)CN1CCCCN1CCN(C(=O)C=Cc2ccc(Cl)c(Cl)c2)CCC1=O. The number of carbonyl (C=O) groups is 2. The number of nitrogens with zero attached hydrogens (tertiary/aromatic N) is 3. The molecule has 0 radical (unpaired) electrons. The largest absolute Gasteiger partial charge is 0.389 e. The van der Waals surface area contributed by atoms with Crippen molar-refractivity contribution in [1.29, 1.82) is 0 Å². The molecule has 2 fully saturated rings. The highest BCUT2D eigenvalue weighted by Gasteiger charge is 2.34. The molecule has 0 bridgehead atoms. The number of piperidine rings is 1. The van der Waals surface area contributed by atoms with Gasteiger partial charge >= 0.3 is 0 Å². The maximum absolute atomic E-state index is 12.7. The molecular formula is C26H37Cl2N3O5. The molecule has 2 aliphatic rings. The first-order valence-corrected chi connectivity index (χ1v) is 13.2. The van der Waals surface area contributed by atoms with Gasteiger partial charge in [-0.1, -0.05) is 29.3 Å². The van der Waals surface area contributed by atoms with E-state index in [2.05, 4.69) is 4.90 Å². The quantitative estimate of drug-likeness (QED) is 0.362. The van der Waals surface area contributed by atoms with Crippen molar-refractivity contribution in [3.8, 4) is 0 Å². The van der Waals surface area contributed by atoms with Crippen LogP contribution in [0.15, 0.2) is 24.3 Å². The Kier molecular flexibility index (Phi) is 11.5. The number of ether oxygens (including phenoxy) is 2. The maximum Gasteiger partial charge on any atom is 0.246 e. The summed E-state index contributed by atoms with van der Waals surface area (Å²) in [5.41, 5.74) is 0.789. The molecule has 8 nitrogen and oxygen atoms in total. The average molecular weight is 543 g/mol. The van der Waals surface area contributed by atoms with E-state index in [0.717, 1.165) is 31.4 Å². The number of β-amino-alcohol motifs (C(OH)–C–C–N with tert-alkyl or cyclic N) is 1. The zero-order chi connectivity index (χ0) is 26.1. The van der Waals surface area contributed by atoms with Crippen LogP contribution in [0, 0.1) is 0 Å². The summed E-state index contributed by atoms with van der Waals surface area (Å²) in [6.45, 7) is 4.07. The third-order valence-corrected chi connectivity index (χ3v) is 7.66. The Hall–Kier alpha value is -1.68. The van der Waals surface area contributed by atoms with Gasteiger partial charge in [0.1, 0.15) is 0 Å². The predicted octanol–water partition coefficient (Wildman–Crippen LogP) is 2.94. The molecular weight excluding hydrogens is 505 g/mol. The zero-order valence-corrected chi connectivity index (χ0v) is 22.6. The van der Waals surface area contributed by atoms with Crippen molar-refractivity contribution in [3.63, 3.8) is 0 Å². The number of amides is 2. The van der Waals surface area contributed by atoms with E-state index in [1.807, 2.05) is 4.90 Å². The number of unbranched alkanes of at least 4 members (excludes halogenated alkanes) is 1. The second-order valence-electron chi connectivity index (χ2n) is 9.35. The fourth-order valence-electron chi connectivity index (χ4n) is 4.80. The van der Waals surface area contributed by atoms with Crippen molar-refractivity contribution < 1.29 is 24.2 Å². The molecule has 1 aromatic carbocycles. The normalized spacial score (nSPS) is 23.9. The van der Waals surface area contributed by atoms with Crippen LogP contribution in [0.4, 0.5) is 0 Å². The minimum absolute atomic E-state index is 0.0763. The number of rotatable bonds is 10. The molecule has 2 amide bonds. The first kappa shape index (κ1) is 28.9. The van der Waals surface area contributed by atoms with Gasteiger partial charge in [0.25, 0.3) is 0 Å². The lowest BCUT2D eigenvalue weighted by atomic mass is 9.97. The number of halogens is 2. The summed E-state index contributed by atoms with van der Waals surface area (Å²) in [5, 5.41) is 11.2. The van der Waals surface area contributed by atoms with Gasteiger partial charge in [-0.05, 0) is 49.6 Å². The number of benzene rings is 1. The van der Waals surface area contributed by atoms with Gasteiger partial charge in [-0.15, -0.1) is 0 Å². The Morgan fingerprint density at radius 2 is 1.92 bits per heavy atom. The molecule has 2 aliphatic heterocycles. The summed E-state index contributed by atoms with van der Waals surface area (Å²) < 4.78 is 10.8. The smallest absolute Gasteiger partial charge is 0.246 e. The number of hydrogen-bond acceptors (Lipinski definition) is 6. The second kappa shape index (κ2) is 14.3. The van der Waals surface area contributed by atoms with Gasteiger partial charge in [-0.3, -0.25) is 14.5 Å². The lowest BCUT2D eigenvalue weighted by Gasteiger charge is -2.41. The van der Waals surface area contributed by atoms with Crippen LogP contribution in [0.1, 0.15) is 31.2 Å². The standard InChI is InChI=1S/C26H37Cl2N3O5/c1-35-18-20-16-24(36-2)23(32)17-31(20)11-4-3-10-29-13-14-30(12-9-26(29)34)25(33)8-6-19-5-7-21(27)22(28)15-19/h5-8,15,20,23-24,32H,3-4,9-14,16-18H2,1-2H3. The maximum atomic E-state index is 12.7. The van der Waals surface area contributed by atoms with E-state index in [-0.39, 0.29) is 24.0 Å². The fourth-order valence-corrected chi connectivity index (χ4v) is 5.11. The van der Waals surface area contributed by atoms with E-state index in [0.29, 0.717) is 55.8 Å². The van der Waals surface area contributed by atoms with Crippen LogP contribution >= 0.6 is 23.2 Å². The Bertz CT molecular complexity index is 916. The van der Waals surface area contributed by atoms with Gasteiger partial charge in [-0.25, -0.2) is 0 Å². The van der Waals surface area contributed by atoms with Crippen molar-refractivity contribution in [2.75, 3.05) is 60.1 Å². The Balaban J connectivity index is 1.44. The van der Waals surface area contributed by atoms with Crippen LogP contribution in [0.25, 0.3) is 6.08 Å². The molecule has 2 heterocycles. The third-order valence-electron chi connectivity index (χ3n) is 6.92. The Morgan fingerprint density at radius 1 is 1.14 bits per heavy atom. The van der Waals surface area contributed by atoms with Crippen molar-refractivity contribution in [2.45, 2.75) is 43.9 Å². The number of likely N-dealkylation sites (tertiary alicyclic amines) is 1. The number of hydrogen-bond donors (Lipinski definition) is 1. The van der Waals surface area contributed by atoms with Crippen molar-refractivity contribution >= 4 is 41.1 Å². The molecule has 1 aromatic rings. The summed E-state index contributed by atoms with van der Waals surface area (Å²) in [6, 6.07) is 5.40. The number of methoxy groups -OCH3 is 2. The van der Waals surface area contributed by atoms with Gasteiger partial charge in [-0.2, -0.15) is 0 Å². The van der Waals surface area contributed by atoms with Gasteiger partial charge in [0, 0.05) is 65.5 Å². The Labute approximate surface area is 223 Å². The van der Waals surface area contributed by atoms with Crippen LogP contribution in [0.3, 0.4) is 0 Å². The van der Waals surface area contributed by atoms with Gasteiger partial charge in [0.05, 0.1) is 28.9 Å². The van der Waals surface area contributed by atoms with Gasteiger partial charge in [0.15, 0.2) is 0 Å². The molecule has 36 heavy (non-hydrogen) atoms. The van der Waals surface area contributed by atoms with Crippen LogP contribution in [0.2, 0.25) is 10.0 Å². The van der Waals surface area contributed by atoms with Gasteiger partial charge in [0.2, 0.25) is 11.8 Å². The van der Waals surface area contributed by atoms with Crippen LogP contribution in [-0.4, -0.2) is 110 Å². The monoisotopic (exact) mass is 541 g/mol. The highest BCUT2D eigenvalue weighted by Crippen LogP contribution is 2.23. The highest BCUT2D eigenvalue weighted by molar-refractivity contribution is 6.42. The van der Waals surface area contributed by atoms with E-state index in [4.69, 9.17) is 32.7 Å². The van der Waals surface area contributed by atoms with Crippen LogP contribution in [-0.2, 0) is 19.1 Å². The lowest BCUT2D eigenvalue weighted by Crippen LogP contribution is -2.54. The molecule has 1 N–H and O–H groups in total. The number of aliphatic hydroxyl groups excluding tert-OH is 1. The van der Waals surface area contributed by atoms with E-state index in [1.54, 1.807) is 43.4 Å². The number of aliphatic hydroxyl groups is 1. The molecule has 0 aliphatic carbocycles. The lowest BCUT2D eigenvalue weighted by molar-refractivity contribution is -0.130. The van der Waals surface area contributed by atoms with E-state index in [9.17, 15) is 14.7 Å². The molecule has 0 aromatic heterocycles. The molecule has 3 atom stereocenters. The summed E-state index contributed by atoms with van der Waals surface area (Å²) in [7, 11) is 3.32. The summed E-state index contributed by atoms with van der Waals surface area (Å²) in [5.74, 6) is -0.0507. The van der Waals surface area contributed by atoms with Crippen molar-refractivity contribution in [2.24, 2.45) is 0 Å². The average Bonchev–Trinajstić information content (AvgIpc) is 3.05. The van der Waals surface area contributed by atoms with Crippen molar-refractivity contribution in [3.05, 3.63) is 39.9 Å². The second-order valence-corrected chi connectivity index (χ2v) is 10.2. The minimum Gasteiger partial charge on any atom is -0.389 e. The van der Waals surface area contributed by atoms with Crippen LogP contribution in [0.5, 0.6) is 0 Å². The molecule has 3 rings (SSSR count). The Morgan fingerprint density at radius 3 is 2.64 bits per heavy atom. The van der Waals surface area contributed by atoms with Crippen molar-refractivity contribution in [1.82, 2.24) is 14.7 Å². The molecule has 2 saturated heterocycles. The third kappa shape index (κ3) is 8.16. The highest BCUT2D eigenvalue weighted by atomic mass is 35.5. The zero-order valence-electron chi connectivity index (χ0n) is 21.1. The summed E-state index contributed by atoms with van der Waals surface area (Å²) in [6.07, 6.45) is 5.36. The predicted molar refractivity (Wildman–Crippen MR) is 141 cm³/mol. The number of carbonyl (C=O) groups excluding carboxylic acids is 2. The topological polar surface area (TPSA) is 82.6 Å². The minimum atomic E-state index is -0.510. The molecule has 3 unspecified atom stereocenters. The fraction of sp³-hybridized carbons (Fsp3) is 0.615. The summed E-state index contributed by atoms with van der Waals surface area (Å²) >= 11 is 12.0. The van der Waals surface area contributed by atoms with Gasteiger partial charge < -0.3 is 24.4 Å². The molecule has 0 spiro atoms. The molecule has 0 saturated carbocycles. The molecule has 10 heteroatoms.